The molecule has 0 spiro atoms. The van der Waals surface area contributed by atoms with Gasteiger partial charge in [0, 0.05) is 16.9 Å². The zero-order valence-electron chi connectivity index (χ0n) is 19.9. The maximum absolute atomic E-state index is 14.0. The van der Waals surface area contributed by atoms with E-state index in [0.29, 0.717) is 11.4 Å². The van der Waals surface area contributed by atoms with Crippen LogP contribution in [0.3, 0.4) is 0 Å². The first kappa shape index (κ1) is 24.6. The van der Waals surface area contributed by atoms with Crippen molar-refractivity contribution in [2.24, 2.45) is 5.92 Å². The maximum atomic E-state index is 14.0. The summed E-state index contributed by atoms with van der Waals surface area (Å²) in [5.74, 6) is -0.746. The highest BCUT2D eigenvalue weighted by atomic mass is 19.4. The summed E-state index contributed by atoms with van der Waals surface area (Å²) in [5, 5.41) is 12.4. The van der Waals surface area contributed by atoms with Crippen molar-refractivity contribution in [2.75, 3.05) is 9.80 Å². The molecule has 0 saturated carbocycles. The monoisotopic (exact) mass is 484 g/mol. The lowest BCUT2D eigenvalue weighted by atomic mass is 9.86. The average molecular weight is 485 g/mol. The Morgan fingerprint density at radius 1 is 0.914 bits per heavy atom. The highest BCUT2D eigenvalue weighted by molar-refractivity contribution is 6.08. The molecule has 2 unspecified atom stereocenters. The molecular formula is C27H27F3N2O3. The number of nitrogens with zero attached hydrogens (tertiary/aromatic N) is 2. The second kappa shape index (κ2) is 8.92. The molecule has 1 saturated heterocycles. The van der Waals surface area contributed by atoms with Gasteiger partial charge in [0.2, 0.25) is 0 Å². The molecule has 1 N–H and O–H groups in total. The fraction of sp³-hybridized carbons (Fsp3) is 0.296. The van der Waals surface area contributed by atoms with E-state index in [4.69, 9.17) is 0 Å². The number of hydrogen-bond acceptors (Lipinski definition) is 3. The number of alkyl halides is 3. The molecule has 2 atom stereocenters. The van der Waals surface area contributed by atoms with E-state index in [9.17, 15) is 23.1 Å². The molecule has 35 heavy (non-hydrogen) atoms. The lowest BCUT2D eigenvalue weighted by Gasteiger charge is -2.39. The average Bonchev–Trinajstić information content (AvgIpc) is 3.02. The molecule has 1 fully saturated rings. The molecular weight excluding hydrogens is 457 g/mol. The zero-order chi connectivity index (χ0) is 25.5. The number of benzene rings is 3. The van der Waals surface area contributed by atoms with Crippen LogP contribution >= 0.6 is 0 Å². The second-order valence-corrected chi connectivity index (χ2v) is 9.15. The minimum absolute atomic E-state index is 0.112. The summed E-state index contributed by atoms with van der Waals surface area (Å²) in [6.45, 7) is 7.55. The third-order valence-electron chi connectivity index (χ3n) is 6.16. The quantitative estimate of drug-likeness (QED) is 0.449. The van der Waals surface area contributed by atoms with Gasteiger partial charge in [-0.3, -0.25) is 9.80 Å². The van der Waals surface area contributed by atoms with Crippen molar-refractivity contribution in [1.82, 2.24) is 0 Å². The first-order valence-corrected chi connectivity index (χ1v) is 11.3. The van der Waals surface area contributed by atoms with Gasteiger partial charge in [-0.05, 0) is 56.2 Å². The van der Waals surface area contributed by atoms with Gasteiger partial charge in [0.15, 0.2) is 5.72 Å². The molecule has 1 aliphatic heterocycles. The Kier molecular flexibility index (Phi) is 6.27. The van der Waals surface area contributed by atoms with Crippen LogP contribution in [0.4, 0.5) is 29.3 Å². The summed E-state index contributed by atoms with van der Waals surface area (Å²) < 4.78 is 43.0. The van der Waals surface area contributed by atoms with E-state index in [0.717, 1.165) is 23.3 Å². The zero-order valence-corrected chi connectivity index (χ0v) is 19.9. The number of hydrogen-bond donors (Lipinski definition) is 1. The smallest absolute Gasteiger partial charge is 0.406 e. The van der Waals surface area contributed by atoms with Gasteiger partial charge in [-0.2, -0.15) is 0 Å². The molecule has 1 aliphatic rings. The van der Waals surface area contributed by atoms with Gasteiger partial charge >= 0.3 is 12.4 Å². The SMILES string of the molecule is Cc1ccc(N2C(=O)N(c3ccc(C)cc3)C(O)(c3cccc(OC(F)(F)F)c3)C2C(C)C)cc1. The summed E-state index contributed by atoms with van der Waals surface area (Å²) in [6, 6.07) is 18.2. The van der Waals surface area contributed by atoms with E-state index in [1.807, 2.05) is 52.0 Å². The number of amides is 2. The van der Waals surface area contributed by atoms with Crippen molar-refractivity contribution in [2.45, 2.75) is 45.8 Å². The van der Waals surface area contributed by atoms with Crippen molar-refractivity contribution >= 4 is 17.4 Å². The van der Waals surface area contributed by atoms with Gasteiger partial charge < -0.3 is 9.84 Å². The van der Waals surface area contributed by atoms with E-state index < -0.39 is 29.9 Å². The van der Waals surface area contributed by atoms with Crippen LogP contribution in [0.15, 0.2) is 72.8 Å². The van der Waals surface area contributed by atoms with Crippen molar-refractivity contribution in [1.29, 1.82) is 0 Å². The first-order valence-electron chi connectivity index (χ1n) is 11.3. The summed E-state index contributed by atoms with van der Waals surface area (Å²) in [4.78, 5) is 16.7. The predicted octanol–water partition coefficient (Wildman–Crippen LogP) is 6.52. The van der Waals surface area contributed by atoms with Crippen LogP contribution in [0.2, 0.25) is 0 Å². The molecule has 184 valence electrons. The normalized spacial score (nSPS) is 20.6. The fourth-order valence-corrected chi connectivity index (χ4v) is 4.65. The first-order chi connectivity index (χ1) is 16.4. The predicted molar refractivity (Wildman–Crippen MR) is 128 cm³/mol. The van der Waals surface area contributed by atoms with Crippen LogP contribution in [0.5, 0.6) is 5.75 Å². The van der Waals surface area contributed by atoms with Crippen molar-refractivity contribution in [3.8, 4) is 5.75 Å². The standard InChI is InChI=1S/C27H27F3N2O3/c1-17(2)24-26(34,20-6-5-7-23(16-20)35-27(28,29)30)32(22-14-10-19(4)11-15-22)25(33)31(24)21-12-8-18(3)9-13-21/h5-17,24,34H,1-4H3. The van der Waals surface area contributed by atoms with E-state index in [-0.39, 0.29) is 11.5 Å². The molecule has 0 bridgehead atoms. The number of carbonyl (C=O) groups is 1. The van der Waals surface area contributed by atoms with Gasteiger partial charge in [-0.15, -0.1) is 13.2 Å². The van der Waals surface area contributed by atoms with Gasteiger partial charge in [0.05, 0.1) is 6.04 Å². The molecule has 0 aromatic heterocycles. The van der Waals surface area contributed by atoms with Crippen LogP contribution < -0.4 is 14.5 Å². The summed E-state index contributed by atoms with van der Waals surface area (Å²) in [7, 11) is 0. The summed E-state index contributed by atoms with van der Waals surface area (Å²) in [6.07, 6.45) is -4.89. The van der Waals surface area contributed by atoms with Crippen LogP contribution in [0.25, 0.3) is 0 Å². The lowest BCUT2D eigenvalue weighted by Crippen LogP contribution is -2.52. The van der Waals surface area contributed by atoms with E-state index >= 15 is 0 Å². The molecule has 5 nitrogen and oxygen atoms in total. The Morgan fingerprint density at radius 2 is 1.46 bits per heavy atom. The van der Waals surface area contributed by atoms with Gasteiger partial charge in [-0.25, -0.2) is 4.79 Å². The number of halogens is 3. The Balaban J connectivity index is 1.94. The summed E-state index contributed by atoms with van der Waals surface area (Å²) >= 11 is 0. The number of anilines is 2. The second-order valence-electron chi connectivity index (χ2n) is 9.15. The number of aliphatic hydroxyl groups is 1. The largest absolute Gasteiger partial charge is 0.573 e. The highest BCUT2D eigenvalue weighted by Gasteiger charge is 2.59. The van der Waals surface area contributed by atoms with E-state index in [1.54, 1.807) is 24.3 Å². The molecule has 4 rings (SSSR count). The van der Waals surface area contributed by atoms with Crippen LogP contribution in [0.1, 0.15) is 30.5 Å². The van der Waals surface area contributed by atoms with E-state index in [2.05, 4.69) is 4.74 Å². The Morgan fingerprint density at radius 3 is 1.97 bits per heavy atom. The number of urea groups is 1. The number of ether oxygens (including phenoxy) is 1. The number of rotatable bonds is 5. The third kappa shape index (κ3) is 4.58. The fourth-order valence-electron chi connectivity index (χ4n) is 4.65. The highest BCUT2D eigenvalue weighted by Crippen LogP contribution is 2.47. The van der Waals surface area contributed by atoms with Gasteiger partial charge in [0.1, 0.15) is 5.75 Å². The van der Waals surface area contributed by atoms with Gasteiger partial charge in [0.25, 0.3) is 0 Å². The van der Waals surface area contributed by atoms with Crippen molar-refractivity contribution < 1.29 is 27.8 Å². The van der Waals surface area contributed by atoms with Crippen LogP contribution in [-0.2, 0) is 5.72 Å². The molecule has 0 radical (unpaired) electrons. The third-order valence-corrected chi connectivity index (χ3v) is 6.16. The molecule has 3 aromatic rings. The van der Waals surface area contributed by atoms with Crippen LogP contribution in [-0.4, -0.2) is 23.5 Å². The molecule has 1 heterocycles. The number of carbonyl (C=O) groups excluding carboxylic acids is 1. The Labute approximate surface area is 202 Å². The maximum Gasteiger partial charge on any atom is 0.573 e. The lowest BCUT2D eigenvalue weighted by molar-refractivity contribution is -0.274. The Hall–Kier alpha value is -3.52. The van der Waals surface area contributed by atoms with Gasteiger partial charge in [-0.1, -0.05) is 61.4 Å². The molecule has 2 amide bonds. The van der Waals surface area contributed by atoms with Crippen molar-refractivity contribution in [3.05, 3.63) is 89.5 Å². The molecule has 0 aliphatic carbocycles. The minimum Gasteiger partial charge on any atom is -0.406 e. The topological polar surface area (TPSA) is 53.0 Å². The van der Waals surface area contributed by atoms with E-state index in [1.165, 1.54) is 21.9 Å². The summed E-state index contributed by atoms with van der Waals surface area (Å²) in [5.41, 5.74) is 1.09. The Bertz CT molecular complexity index is 1210. The van der Waals surface area contributed by atoms with Crippen molar-refractivity contribution in [3.63, 3.8) is 0 Å². The molecule has 8 heteroatoms. The van der Waals surface area contributed by atoms with Crippen LogP contribution in [0, 0.1) is 19.8 Å². The molecule has 3 aromatic carbocycles. The number of aryl methyl sites for hydroxylation is 2. The minimum atomic E-state index is -4.89.